The first-order chi connectivity index (χ1) is 10.4. The molecule has 0 bridgehead atoms. The molecule has 0 aliphatic rings. The second kappa shape index (κ2) is 5.35. The minimum atomic E-state index is -0.380. The van der Waals surface area contributed by atoms with E-state index in [0.29, 0.717) is 21.9 Å². The van der Waals surface area contributed by atoms with Gasteiger partial charge in [0.05, 0.1) is 5.69 Å². The van der Waals surface area contributed by atoms with Crippen LogP contribution in [0.2, 0.25) is 5.02 Å². The molecule has 3 aromatic rings. The van der Waals surface area contributed by atoms with E-state index in [0.717, 1.165) is 5.39 Å². The normalized spacial score (nSPS) is 10.9. The smallest absolute Gasteiger partial charge is 0.291 e. The summed E-state index contributed by atoms with van der Waals surface area (Å²) in [4.78, 5) is 23.8. The molecule has 0 aliphatic heterocycles. The van der Waals surface area contributed by atoms with Gasteiger partial charge < -0.3 is 14.3 Å². The molecule has 0 spiro atoms. The van der Waals surface area contributed by atoms with Crippen molar-refractivity contribution < 1.29 is 9.21 Å². The molecule has 0 unspecified atom stereocenters. The van der Waals surface area contributed by atoms with Crippen molar-refractivity contribution in [3.8, 4) is 0 Å². The van der Waals surface area contributed by atoms with E-state index in [1.165, 1.54) is 10.6 Å². The fourth-order valence-corrected chi connectivity index (χ4v) is 2.35. The number of benzene rings is 1. The van der Waals surface area contributed by atoms with Crippen molar-refractivity contribution in [1.29, 1.82) is 0 Å². The molecule has 2 heterocycles. The van der Waals surface area contributed by atoms with Crippen LogP contribution in [0, 0.1) is 6.92 Å². The van der Waals surface area contributed by atoms with Gasteiger partial charge in [0.15, 0.2) is 5.76 Å². The van der Waals surface area contributed by atoms with Gasteiger partial charge in [0.1, 0.15) is 5.58 Å². The van der Waals surface area contributed by atoms with Gasteiger partial charge in [-0.1, -0.05) is 11.6 Å². The van der Waals surface area contributed by atoms with Gasteiger partial charge >= 0.3 is 0 Å². The lowest BCUT2D eigenvalue weighted by atomic mass is 10.2. The van der Waals surface area contributed by atoms with Gasteiger partial charge in [-0.3, -0.25) is 9.59 Å². The molecule has 0 radical (unpaired) electrons. The summed E-state index contributed by atoms with van der Waals surface area (Å²) < 4.78 is 6.92. The number of rotatable bonds is 2. The minimum Gasteiger partial charge on any atom is -0.451 e. The summed E-state index contributed by atoms with van der Waals surface area (Å²) in [6.07, 6.45) is 1.58. The number of carbonyl (C=O) groups excluding carboxylic acids is 1. The highest BCUT2D eigenvalue weighted by Crippen LogP contribution is 2.24. The molecule has 0 fully saturated rings. The highest BCUT2D eigenvalue weighted by Gasteiger charge is 2.14. The van der Waals surface area contributed by atoms with Crippen molar-refractivity contribution in [2.24, 2.45) is 7.05 Å². The number of amides is 1. The van der Waals surface area contributed by atoms with Crippen molar-refractivity contribution in [1.82, 2.24) is 4.57 Å². The molecule has 112 valence electrons. The molecule has 1 amide bonds. The zero-order chi connectivity index (χ0) is 15.9. The number of pyridine rings is 1. The zero-order valence-corrected chi connectivity index (χ0v) is 12.8. The molecule has 5 nitrogen and oxygen atoms in total. The van der Waals surface area contributed by atoms with Crippen LogP contribution in [0.5, 0.6) is 0 Å². The summed E-state index contributed by atoms with van der Waals surface area (Å²) >= 11 is 5.92. The maximum atomic E-state index is 12.3. The Morgan fingerprint density at radius 1 is 1.27 bits per heavy atom. The van der Waals surface area contributed by atoms with Gasteiger partial charge in [0, 0.05) is 29.7 Å². The van der Waals surface area contributed by atoms with E-state index < -0.39 is 0 Å². The summed E-state index contributed by atoms with van der Waals surface area (Å²) in [6, 6.07) is 8.24. The number of hydrogen-bond acceptors (Lipinski definition) is 3. The van der Waals surface area contributed by atoms with Crippen molar-refractivity contribution in [3.05, 3.63) is 63.2 Å². The summed E-state index contributed by atoms with van der Waals surface area (Å²) in [7, 11) is 1.63. The predicted molar refractivity (Wildman–Crippen MR) is 85.6 cm³/mol. The molecular formula is C16H13ClN2O3. The number of nitrogens with zero attached hydrogens (tertiary/aromatic N) is 1. The van der Waals surface area contributed by atoms with Gasteiger partial charge in [-0.05, 0) is 36.8 Å². The van der Waals surface area contributed by atoms with Gasteiger partial charge in [-0.2, -0.15) is 0 Å². The van der Waals surface area contributed by atoms with Crippen LogP contribution in [0.4, 0.5) is 5.69 Å². The van der Waals surface area contributed by atoms with Gasteiger partial charge in [0.2, 0.25) is 0 Å². The molecule has 0 saturated carbocycles. The molecule has 6 heteroatoms. The number of hydrogen-bond donors (Lipinski definition) is 1. The second-order valence-electron chi connectivity index (χ2n) is 5.07. The van der Waals surface area contributed by atoms with Crippen LogP contribution in [0.15, 0.2) is 45.7 Å². The van der Waals surface area contributed by atoms with Crippen molar-refractivity contribution in [2.45, 2.75) is 6.92 Å². The van der Waals surface area contributed by atoms with E-state index in [4.69, 9.17) is 16.0 Å². The van der Waals surface area contributed by atoms with Crippen LogP contribution in [0.3, 0.4) is 0 Å². The highest BCUT2D eigenvalue weighted by molar-refractivity contribution is 6.31. The van der Waals surface area contributed by atoms with Crippen molar-refractivity contribution in [2.75, 3.05) is 5.32 Å². The Morgan fingerprint density at radius 2 is 2.05 bits per heavy atom. The predicted octanol–water partition coefficient (Wildman–Crippen LogP) is 3.35. The second-order valence-corrected chi connectivity index (χ2v) is 5.50. The fourth-order valence-electron chi connectivity index (χ4n) is 2.16. The topological polar surface area (TPSA) is 64.2 Å². The van der Waals surface area contributed by atoms with Crippen LogP contribution in [0.1, 0.15) is 16.1 Å². The Hall–Kier alpha value is -2.53. The quantitative estimate of drug-likeness (QED) is 0.788. The average Bonchev–Trinajstić information content (AvgIpc) is 2.87. The third-order valence-corrected chi connectivity index (χ3v) is 3.62. The molecule has 0 aliphatic carbocycles. The van der Waals surface area contributed by atoms with Gasteiger partial charge in [-0.25, -0.2) is 0 Å². The largest absolute Gasteiger partial charge is 0.451 e. The highest BCUT2D eigenvalue weighted by atomic mass is 35.5. The lowest BCUT2D eigenvalue weighted by Crippen LogP contribution is -2.19. The monoisotopic (exact) mass is 316 g/mol. The first-order valence-corrected chi connectivity index (χ1v) is 6.99. The number of carbonyl (C=O) groups is 1. The maximum Gasteiger partial charge on any atom is 0.291 e. The van der Waals surface area contributed by atoms with E-state index in [-0.39, 0.29) is 17.2 Å². The zero-order valence-electron chi connectivity index (χ0n) is 12.0. The van der Waals surface area contributed by atoms with Crippen LogP contribution < -0.4 is 10.9 Å². The summed E-state index contributed by atoms with van der Waals surface area (Å²) in [6.45, 7) is 1.76. The molecule has 0 atom stereocenters. The summed E-state index contributed by atoms with van der Waals surface area (Å²) in [5, 5.41) is 4.08. The van der Waals surface area contributed by atoms with E-state index >= 15 is 0 Å². The Kier molecular flexibility index (Phi) is 3.50. The van der Waals surface area contributed by atoms with Crippen LogP contribution >= 0.6 is 11.6 Å². The molecular weight excluding hydrogens is 304 g/mol. The maximum absolute atomic E-state index is 12.3. The number of fused-ring (bicyclic) bond motifs is 1. The number of aromatic nitrogens is 1. The number of aryl methyl sites for hydroxylation is 2. The Labute approximate surface area is 131 Å². The minimum absolute atomic E-state index is 0.131. The molecule has 0 saturated heterocycles. The Morgan fingerprint density at radius 3 is 2.82 bits per heavy atom. The summed E-state index contributed by atoms with van der Waals surface area (Å²) in [5.41, 5.74) is 1.71. The molecule has 1 aromatic carbocycles. The molecule has 2 aromatic heterocycles. The van der Waals surface area contributed by atoms with Crippen LogP contribution in [-0.4, -0.2) is 10.5 Å². The van der Waals surface area contributed by atoms with E-state index in [2.05, 4.69) is 5.32 Å². The number of halogens is 1. The molecule has 1 N–H and O–H groups in total. The fraction of sp³-hybridized carbons (Fsp3) is 0.125. The lowest BCUT2D eigenvalue weighted by Gasteiger charge is -2.08. The van der Waals surface area contributed by atoms with Crippen LogP contribution in [-0.2, 0) is 7.05 Å². The third kappa shape index (κ3) is 2.63. The lowest BCUT2D eigenvalue weighted by molar-refractivity contribution is 0.0998. The van der Waals surface area contributed by atoms with Gasteiger partial charge in [0.25, 0.3) is 11.5 Å². The number of nitrogens with one attached hydrogen (secondary N) is 1. The molecule has 3 rings (SSSR count). The Balaban J connectivity index is 1.93. The number of anilines is 1. The standard InChI is InChI=1S/C16H13ClN2O3/c1-9-5-15(20)19(2)8-12(9)18-16(21)14-7-10-6-11(17)3-4-13(10)22-14/h3-8H,1-2H3,(H,18,21). The average molecular weight is 317 g/mol. The van der Waals surface area contributed by atoms with Crippen LogP contribution in [0.25, 0.3) is 11.0 Å². The third-order valence-electron chi connectivity index (χ3n) is 3.39. The number of furan rings is 1. The SMILES string of the molecule is Cc1cc(=O)n(C)cc1NC(=O)c1cc2cc(Cl)ccc2o1. The van der Waals surface area contributed by atoms with E-state index in [1.807, 2.05) is 0 Å². The van der Waals surface area contributed by atoms with Crippen molar-refractivity contribution in [3.63, 3.8) is 0 Å². The van der Waals surface area contributed by atoms with Crippen molar-refractivity contribution >= 4 is 34.2 Å². The van der Waals surface area contributed by atoms with E-state index in [1.54, 1.807) is 44.4 Å². The van der Waals surface area contributed by atoms with Gasteiger partial charge in [-0.15, -0.1) is 0 Å². The first-order valence-electron chi connectivity index (χ1n) is 6.62. The Bertz CT molecular complexity index is 940. The first kappa shape index (κ1) is 14.4. The van der Waals surface area contributed by atoms with E-state index in [9.17, 15) is 9.59 Å². The molecule has 22 heavy (non-hydrogen) atoms. The summed E-state index contributed by atoms with van der Waals surface area (Å²) in [5.74, 6) is -0.195.